The van der Waals surface area contributed by atoms with Crippen LogP contribution in [-0.2, 0) is 4.79 Å². The molecule has 0 aliphatic heterocycles. The normalized spacial score (nSPS) is 17.1. The zero-order valence-electron chi connectivity index (χ0n) is 18.5. The lowest BCUT2D eigenvalue weighted by Crippen LogP contribution is -2.14. The third-order valence-electron chi connectivity index (χ3n) is 5.53. The lowest BCUT2D eigenvalue weighted by atomic mass is 9.90. The summed E-state index contributed by atoms with van der Waals surface area (Å²) in [5.74, 6) is 0.833. The highest BCUT2D eigenvalue weighted by Gasteiger charge is 2.16. The van der Waals surface area contributed by atoms with Crippen LogP contribution >= 0.6 is 0 Å². The van der Waals surface area contributed by atoms with Crippen molar-refractivity contribution in [2.24, 2.45) is 5.92 Å². The molecular weight excluding hydrogens is 332 g/mol. The van der Waals surface area contributed by atoms with Crippen molar-refractivity contribution in [3.05, 3.63) is 12.2 Å². The van der Waals surface area contributed by atoms with Gasteiger partial charge in [0.1, 0.15) is 5.78 Å². The van der Waals surface area contributed by atoms with Crippen LogP contribution in [0.4, 0.5) is 0 Å². The van der Waals surface area contributed by atoms with Gasteiger partial charge in [0.05, 0.1) is 0 Å². The molecule has 1 saturated carbocycles. The maximum Gasteiger partial charge on any atom is 0.135 e. The molecule has 0 radical (unpaired) electrons. The van der Waals surface area contributed by atoms with Crippen LogP contribution < -0.4 is 0 Å². The summed E-state index contributed by atoms with van der Waals surface area (Å²) in [5, 5.41) is 8.66. The van der Waals surface area contributed by atoms with Crippen LogP contribution in [0.3, 0.4) is 0 Å². The summed E-state index contributed by atoms with van der Waals surface area (Å²) < 4.78 is 0. The third-order valence-corrected chi connectivity index (χ3v) is 5.53. The van der Waals surface area contributed by atoms with Gasteiger partial charge in [-0.3, -0.25) is 4.79 Å². The summed E-state index contributed by atoms with van der Waals surface area (Å²) in [4.78, 5) is 10.8. The molecule has 160 valence electrons. The molecule has 1 atom stereocenters. The fourth-order valence-corrected chi connectivity index (χ4v) is 3.52. The first-order valence-electron chi connectivity index (χ1n) is 12.0. The van der Waals surface area contributed by atoms with E-state index in [1.54, 1.807) is 0 Å². The van der Waals surface area contributed by atoms with Gasteiger partial charge in [-0.2, -0.15) is 0 Å². The van der Waals surface area contributed by atoms with Crippen molar-refractivity contribution >= 4 is 5.78 Å². The predicted octanol–water partition coefficient (Wildman–Crippen LogP) is 7.78. The lowest BCUT2D eigenvalue weighted by molar-refractivity contribution is -0.123. The number of ketones is 1. The maximum absolute atomic E-state index is 10.8. The molecule has 1 rings (SSSR count). The molecule has 1 aliphatic carbocycles. The Morgan fingerprint density at radius 3 is 1.78 bits per heavy atom. The molecule has 0 aromatic carbocycles. The first-order valence-corrected chi connectivity index (χ1v) is 12.0. The van der Waals surface area contributed by atoms with Crippen molar-refractivity contribution in [3.63, 3.8) is 0 Å². The van der Waals surface area contributed by atoms with E-state index in [9.17, 15) is 4.79 Å². The Morgan fingerprint density at radius 2 is 1.33 bits per heavy atom. The van der Waals surface area contributed by atoms with E-state index in [1.165, 1.54) is 89.9 Å². The summed E-state index contributed by atoms with van der Waals surface area (Å²) in [6.07, 6.45) is 27.5. The largest absolute Gasteiger partial charge is 0.396 e. The van der Waals surface area contributed by atoms with Gasteiger partial charge in [0.25, 0.3) is 0 Å². The quantitative estimate of drug-likeness (QED) is 0.232. The van der Waals surface area contributed by atoms with Crippen LogP contribution in [0.1, 0.15) is 129 Å². The van der Waals surface area contributed by atoms with E-state index in [0.717, 1.165) is 25.7 Å². The standard InChI is InChI=1S/C18H36O.C7H12O/c1-2-3-4-5-6-7-8-9-10-11-12-13-14-15-16-17-18-19;1-6-4-2-3-5-7(6)8/h9-10,19H,2-8,11-18H2,1H3;6H,2-5H2,1H3. The molecule has 1 aliphatic rings. The van der Waals surface area contributed by atoms with Crippen molar-refractivity contribution in [1.82, 2.24) is 0 Å². The van der Waals surface area contributed by atoms with E-state index < -0.39 is 0 Å². The second-order valence-corrected chi connectivity index (χ2v) is 8.27. The molecule has 0 amide bonds. The Hall–Kier alpha value is -0.630. The van der Waals surface area contributed by atoms with Crippen molar-refractivity contribution in [2.45, 2.75) is 129 Å². The minimum absolute atomic E-state index is 0.362. The average Bonchev–Trinajstić information content (AvgIpc) is 2.68. The van der Waals surface area contributed by atoms with Gasteiger partial charge in [-0.1, -0.05) is 90.2 Å². The van der Waals surface area contributed by atoms with E-state index in [1.807, 2.05) is 6.92 Å². The number of rotatable bonds is 15. The molecule has 0 aromatic heterocycles. The molecule has 0 saturated heterocycles. The molecule has 0 heterocycles. The topological polar surface area (TPSA) is 37.3 Å². The van der Waals surface area contributed by atoms with Crippen molar-refractivity contribution in [3.8, 4) is 0 Å². The number of hydrogen-bond donors (Lipinski definition) is 1. The monoisotopic (exact) mass is 380 g/mol. The summed E-state index contributed by atoms with van der Waals surface area (Å²) in [7, 11) is 0. The third kappa shape index (κ3) is 19.9. The van der Waals surface area contributed by atoms with Crippen LogP contribution in [0.5, 0.6) is 0 Å². The lowest BCUT2D eigenvalue weighted by Gasteiger charge is -2.14. The molecule has 1 N–H and O–H groups in total. The minimum Gasteiger partial charge on any atom is -0.396 e. The highest BCUT2D eigenvalue weighted by molar-refractivity contribution is 5.81. The Kier molecular flexibility index (Phi) is 21.2. The molecule has 0 bridgehead atoms. The van der Waals surface area contributed by atoms with Crippen LogP contribution in [0.25, 0.3) is 0 Å². The van der Waals surface area contributed by atoms with E-state index in [2.05, 4.69) is 19.1 Å². The van der Waals surface area contributed by atoms with Crippen LogP contribution in [0, 0.1) is 5.92 Å². The zero-order chi connectivity index (χ0) is 20.0. The molecule has 0 aromatic rings. The fraction of sp³-hybridized carbons (Fsp3) is 0.880. The Balaban J connectivity index is 0.000000694. The molecule has 2 nitrogen and oxygen atoms in total. The summed E-state index contributed by atoms with van der Waals surface area (Å²) in [6, 6.07) is 0. The SMILES string of the molecule is CC1CCCCC1=O.CCCCCCCCC=CCCCCCCCCO. The molecule has 1 fully saturated rings. The first-order chi connectivity index (χ1) is 13.2. The highest BCUT2D eigenvalue weighted by Crippen LogP contribution is 2.19. The highest BCUT2D eigenvalue weighted by atomic mass is 16.2. The predicted molar refractivity (Wildman–Crippen MR) is 119 cm³/mol. The van der Waals surface area contributed by atoms with Gasteiger partial charge in [0.15, 0.2) is 0 Å². The molecular formula is C25H48O2. The van der Waals surface area contributed by atoms with Crippen LogP contribution in [0.15, 0.2) is 12.2 Å². The smallest absolute Gasteiger partial charge is 0.135 e. The Morgan fingerprint density at radius 1 is 0.815 bits per heavy atom. The van der Waals surface area contributed by atoms with Crippen LogP contribution in [-0.4, -0.2) is 17.5 Å². The van der Waals surface area contributed by atoms with E-state index in [-0.39, 0.29) is 0 Å². The molecule has 0 spiro atoms. The van der Waals surface area contributed by atoms with Crippen LogP contribution in [0.2, 0.25) is 0 Å². The Labute approximate surface area is 170 Å². The first kappa shape index (κ1) is 26.4. The summed E-state index contributed by atoms with van der Waals surface area (Å²) in [6.45, 7) is 4.66. The van der Waals surface area contributed by atoms with Gasteiger partial charge in [0, 0.05) is 18.9 Å². The van der Waals surface area contributed by atoms with Crippen molar-refractivity contribution < 1.29 is 9.90 Å². The fourth-order valence-electron chi connectivity index (χ4n) is 3.52. The maximum atomic E-state index is 10.8. The van der Waals surface area contributed by atoms with Crippen molar-refractivity contribution in [2.75, 3.05) is 6.61 Å². The van der Waals surface area contributed by atoms with E-state index in [0.29, 0.717) is 18.3 Å². The zero-order valence-corrected chi connectivity index (χ0v) is 18.5. The summed E-state index contributed by atoms with van der Waals surface area (Å²) in [5.41, 5.74) is 0. The molecule has 2 heteroatoms. The van der Waals surface area contributed by atoms with Gasteiger partial charge >= 0.3 is 0 Å². The number of aliphatic hydroxyl groups excluding tert-OH is 1. The molecule has 27 heavy (non-hydrogen) atoms. The van der Waals surface area contributed by atoms with Gasteiger partial charge in [-0.15, -0.1) is 0 Å². The van der Waals surface area contributed by atoms with E-state index >= 15 is 0 Å². The number of hydrogen-bond acceptors (Lipinski definition) is 2. The van der Waals surface area contributed by atoms with Gasteiger partial charge in [0.2, 0.25) is 0 Å². The van der Waals surface area contributed by atoms with Crippen molar-refractivity contribution in [1.29, 1.82) is 0 Å². The number of carbonyl (C=O) groups is 1. The second-order valence-electron chi connectivity index (χ2n) is 8.27. The van der Waals surface area contributed by atoms with Gasteiger partial charge in [-0.25, -0.2) is 0 Å². The Bertz CT molecular complexity index is 335. The number of carbonyl (C=O) groups excluding carboxylic acids is 1. The average molecular weight is 381 g/mol. The van der Waals surface area contributed by atoms with Gasteiger partial charge < -0.3 is 5.11 Å². The molecule has 1 unspecified atom stereocenters. The number of aliphatic hydroxyl groups is 1. The number of Topliss-reactive ketones (excluding diaryl/α,β-unsaturated/α-hetero) is 1. The van der Waals surface area contributed by atoms with Gasteiger partial charge in [-0.05, 0) is 44.9 Å². The minimum atomic E-state index is 0.362. The number of unbranched alkanes of at least 4 members (excludes halogenated alkanes) is 12. The number of allylic oxidation sites excluding steroid dienone is 2. The summed E-state index contributed by atoms with van der Waals surface area (Å²) >= 11 is 0. The van der Waals surface area contributed by atoms with E-state index in [4.69, 9.17) is 5.11 Å². The second kappa shape index (κ2) is 21.7.